The van der Waals surface area contributed by atoms with Crippen molar-refractivity contribution in [1.82, 2.24) is 4.90 Å². The topological polar surface area (TPSA) is 55.6 Å². The zero-order valence-corrected chi connectivity index (χ0v) is 13.3. The molecule has 1 aromatic carbocycles. The van der Waals surface area contributed by atoms with Gasteiger partial charge in [-0.1, -0.05) is 12.1 Å². The number of nitrogens with two attached hydrogens (primary N) is 1. The summed E-state index contributed by atoms with van der Waals surface area (Å²) in [4.78, 5) is 13.8. The predicted octanol–water partition coefficient (Wildman–Crippen LogP) is 2.64. The highest BCUT2D eigenvalue weighted by atomic mass is 32.2. The summed E-state index contributed by atoms with van der Waals surface area (Å²) in [5.41, 5.74) is 6.38. The minimum atomic E-state index is 0.105. The van der Waals surface area contributed by atoms with Crippen molar-refractivity contribution in [2.45, 2.75) is 25.8 Å². The smallest absolute Gasteiger partial charge is 0.225 e. The van der Waals surface area contributed by atoms with Crippen LogP contribution in [0.4, 0.5) is 5.69 Å². The van der Waals surface area contributed by atoms with Gasteiger partial charge in [0.05, 0.1) is 18.7 Å². The second kappa shape index (κ2) is 8.74. The molecule has 4 nitrogen and oxygen atoms in total. The lowest BCUT2D eigenvalue weighted by atomic mass is 10.2. The molecule has 0 spiro atoms. The van der Waals surface area contributed by atoms with Gasteiger partial charge in [-0.05, 0) is 37.5 Å². The molecule has 2 N–H and O–H groups in total. The van der Waals surface area contributed by atoms with Crippen LogP contribution in [0.25, 0.3) is 0 Å². The van der Waals surface area contributed by atoms with Crippen LogP contribution in [-0.2, 0) is 4.79 Å². The number of anilines is 1. The Bertz CT molecular complexity index is 426. The van der Waals surface area contributed by atoms with E-state index in [0.29, 0.717) is 24.5 Å². The lowest BCUT2D eigenvalue weighted by Gasteiger charge is -2.24. The fourth-order valence-electron chi connectivity index (χ4n) is 1.76. The quantitative estimate of drug-likeness (QED) is 0.749. The van der Waals surface area contributed by atoms with E-state index < -0.39 is 0 Å². The molecule has 0 aliphatic heterocycles. The number of hydrogen-bond acceptors (Lipinski definition) is 4. The maximum Gasteiger partial charge on any atom is 0.225 e. The number of hydrogen-bond donors (Lipinski definition) is 1. The zero-order chi connectivity index (χ0) is 15.0. The summed E-state index contributed by atoms with van der Waals surface area (Å²) in [6.07, 6.45) is 3.46. The van der Waals surface area contributed by atoms with Gasteiger partial charge in [0, 0.05) is 13.1 Å². The standard InChI is InChI=1S/C15H24N2O2S/c1-12(9-11-20-3)17(2)15(18)8-10-19-14-7-5-4-6-13(14)16/h4-7,12H,8-11,16H2,1-3H3. The van der Waals surface area contributed by atoms with Crippen LogP contribution in [0.15, 0.2) is 24.3 Å². The first kappa shape index (κ1) is 16.7. The Balaban J connectivity index is 2.34. The van der Waals surface area contributed by atoms with Crippen LogP contribution in [0.1, 0.15) is 19.8 Å². The maximum absolute atomic E-state index is 12.0. The van der Waals surface area contributed by atoms with Crippen LogP contribution in [0.3, 0.4) is 0 Å². The Kier molecular flexibility index (Phi) is 7.30. The number of ether oxygens (including phenoxy) is 1. The van der Waals surface area contributed by atoms with Crippen molar-refractivity contribution in [2.75, 3.05) is 31.4 Å². The molecule has 0 bridgehead atoms. The van der Waals surface area contributed by atoms with Crippen molar-refractivity contribution in [3.63, 3.8) is 0 Å². The maximum atomic E-state index is 12.0. The highest BCUT2D eigenvalue weighted by Gasteiger charge is 2.15. The molecule has 0 heterocycles. The Morgan fingerprint density at radius 2 is 2.15 bits per heavy atom. The summed E-state index contributed by atoms with van der Waals surface area (Å²) in [5, 5.41) is 0. The molecular weight excluding hydrogens is 272 g/mol. The van der Waals surface area contributed by atoms with Gasteiger partial charge < -0.3 is 15.4 Å². The third-order valence-corrected chi connectivity index (χ3v) is 3.93. The molecule has 1 amide bonds. The second-order valence-corrected chi connectivity index (χ2v) is 5.76. The summed E-state index contributed by atoms with van der Waals surface area (Å²) in [7, 11) is 1.85. The molecule has 0 aliphatic rings. The molecule has 1 aromatic rings. The lowest BCUT2D eigenvalue weighted by Crippen LogP contribution is -2.36. The number of carbonyl (C=O) groups excluding carboxylic acids is 1. The summed E-state index contributed by atoms with van der Waals surface area (Å²) in [5.74, 6) is 1.81. The van der Waals surface area contributed by atoms with Gasteiger partial charge in [-0.25, -0.2) is 0 Å². The van der Waals surface area contributed by atoms with E-state index in [4.69, 9.17) is 10.5 Å². The molecule has 112 valence electrons. The van der Waals surface area contributed by atoms with Crippen LogP contribution in [0.5, 0.6) is 5.75 Å². The van der Waals surface area contributed by atoms with E-state index in [0.717, 1.165) is 12.2 Å². The molecule has 1 atom stereocenters. The van der Waals surface area contributed by atoms with E-state index in [2.05, 4.69) is 13.2 Å². The first-order valence-electron chi connectivity index (χ1n) is 6.78. The van der Waals surface area contributed by atoms with Gasteiger partial charge in [-0.2, -0.15) is 11.8 Å². The number of amides is 1. The first-order chi connectivity index (χ1) is 9.56. The van der Waals surface area contributed by atoms with Gasteiger partial charge in [-0.15, -0.1) is 0 Å². The molecule has 0 saturated heterocycles. The van der Waals surface area contributed by atoms with E-state index >= 15 is 0 Å². The monoisotopic (exact) mass is 296 g/mol. The minimum absolute atomic E-state index is 0.105. The highest BCUT2D eigenvalue weighted by Crippen LogP contribution is 2.19. The van der Waals surface area contributed by atoms with E-state index in [1.165, 1.54) is 0 Å². The van der Waals surface area contributed by atoms with Crippen LogP contribution >= 0.6 is 11.8 Å². The average molecular weight is 296 g/mol. The van der Waals surface area contributed by atoms with Crippen LogP contribution < -0.4 is 10.5 Å². The number of thioether (sulfide) groups is 1. The molecule has 20 heavy (non-hydrogen) atoms. The molecule has 1 rings (SSSR count). The molecule has 0 aromatic heterocycles. The second-order valence-electron chi connectivity index (χ2n) is 4.77. The van der Waals surface area contributed by atoms with Crippen molar-refractivity contribution in [2.24, 2.45) is 0 Å². The van der Waals surface area contributed by atoms with Crippen molar-refractivity contribution in [3.05, 3.63) is 24.3 Å². The van der Waals surface area contributed by atoms with Gasteiger partial charge >= 0.3 is 0 Å². The van der Waals surface area contributed by atoms with Gasteiger partial charge in [0.25, 0.3) is 0 Å². The van der Waals surface area contributed by atoms with Crippen LogP contribution in [0.2, 0.25) is 0 Å². The molecule has 1 unspecified atom stereocenters. The van der Waals surface area contributed by atoms with Gasteiger partial charge in [0.15, 0.2) is 0 Å². The third kappa shape index (κ3) is 5.33. The van der Waals surface area contributed by atoms with Crippen molar-refractivity contribution >= 4 is 23.4 Å². The zero-order valence-electron chi connectivity index (χ0n) is 12.5. The molecule has 0 radical (unpaired) electrons. The fourth-order valence-corrected chi connectivity index (χ4v) is 2.34. The first-order valence-corrected chi connectivity index (χ1v) is 8.17. The van der Waals surface area contributed by atoms with E-state index in [9.17, 15) is 4.79 Å². The number of carbonyl (C=O) groups is 1. The molecular formula is C15H24N2O2S. The predicted molar refractivity (Wildman–Crippen MR) is 86.2 cm³/mol. The Morgan fingerprint density at radius 1 is 1.45 bits per heavy atom. The highest BCUT2D eigenvalue weighted by molar-refractivity contribution is 7.98. The van der Waals surface area contributed by atoms with Gasteiger partial charge in [0.1, 0.15) is 5.75 Å². The molecule has 0 saturated carbocycles. The SMILES string of the molecule is CSCCC(C)N(C)C(=O)CCOc1ccccc1N. The molecule has 0 aliphatic carbocycles. The van der Waals surface area contributed by atoms with E-state index in [-0.39, 0.29) is 11.9 Å². The molecule has 5 heteroatoms. The normalized spacial score (nSPS) is 11.9. The Hall–Kier alpha value is -1.36. The summed E-state index contributed by atoms with van der Waals surface area (Å²) >= 11 is 1.80. The van der Waals surface area contributed by atoms with Crippen molar-refractivity contribution < 1.29 is 9.53 Å². The van der Waals surface area contributed by atoms with Crippen LogP contribution in [0, 0.1) is 0 Å². The number of benzene rings is 1. The van der Waals surface area contributed by atoms with E-state index in [1.54, 1.807) is 22.7 Å². The van der Waals surface area contributed by atoms with Crippen molar-refractivity contribution in [3.8, 4) is 5.75 Å². The Morgan fingerprint density at radius 3 is 2.80 bits per heavy atom. The van der Waals surface area contributed by atoms with E-state index in [1.807, 2.05) is 25.2 Å². The van der Waals surface area contributed by atoms with Crippen LogP contribution in [-0.4, -0.2) is 42.5 Å². The fraction of sp³-hybridized carbons (Fsp3) is 0.533. The minimum Gasteiger partial charge on any atom is -0.491 e. The summed E-state index contributed by atoms with van der Waals surface area (Å²) < 4.78 is 5.54. The van der Waals surface area contributed by atoms with Gasteiger partial charge in [0.2, 0.25) is 5.91 Å². The third-order valence-electron chi connectivity index (χ3n) is 3.29. The van der Waals surface area contributed by atoms with Crippen molar-refractivity contribution in [1.29, 1.82) is 0 Å². The van der Waals surface area contributed by atoms with Gasteiger partial charge in [-0.3, -0.25) is 4.79 Å². The summed E-state index contributed by atoms with van der Waals surface area (Å²) in [6.45, 7) is 2.43. The number of rotatable bonds is 8. The number of nitrogens with zero attached hydrogens (tertiary/aromatic N) is 1. The lowest BCUT2D eigenvalue weighted by molar-refractivity contribution is -0.132. The summed E-state index contributed by atoms with van der Waals surface area (Å²) in [6, 6.07) is 7.58. The number of nitrogen functional groups attached to an aromatic ring is 1. The number of para-hydroxylation sites is 2. The largest absolute Gasteiger partial charge is 0.491 e. The Labute approximate surface area is 125 Å². The average Bonchev–Trinajstić information content (AvgIpc) is 2.45. The molecule has 0 fully saturated rings.